The summed E-state index contributed by atoms with van der Waals surface area (Å²) in [6, 6.07) is -4.05. The molecule has 3 rings (SSSR count). The standard InChI is InChI=1S/C30H50N6O7S/c1-10-13-31-26(39)23(37)21(17-11-12-17)34-25(38)22-20-18(30(20,7)8)15-36(22)27(40)24(29(4,5)6)35-28(41)33-19(16(2)3)14-32-44(9,42)43/h10,16-22,24,32H,1,11-15H2,2-9H3,(H,31,39)(H,34,38)(H2,33,35,41)/t18-,19+,20-,21?,22-,24+/m0/s1. The number of likely N-dealkylation sites (tertiary alicyclic amines) is 1. The molecule has 2 aliphatic carbocycles. The number of hydrogen-bond donors (Lipinski definition) is 5. The lowest BCUT2D eigenvalue weighted by Gasteiger charge is -2.38. The molecule has 1 heterocycles. The van der Waals surface area contributed by atoms with Crippen molar-refractivity contribution in [3.05, 3.63) is 12.7 Å². The summed E-state index contributed by atoms with van der Waals surface area (Å²) >= 11 is 0. The average molecular weight is 639 g/mol. The fraction of sp³-hybridized carbons (Fsp3) is 0.767. The number of fused-ring (bicyclic) bond motifs is 1. The van der Waals surface area contributed by atoms with Crippen LogP contribution in [0, 0.1) is 34.5 Å². The monoisotopic (exact) mass is 638 g/mol. The maximum absolute atomic E-state index is 14.2. The first-order chi connectivity index (χ1) is 20.2. The molecule has 13 nitrogen and oxygen atoms in total. The molecule has 0 radical (unpaired) electrons. The predicted molar refractivity (Wildman–Crippen MR) is 166 cm³/mol. The summed E-state index contributed by atoms with van der Waals surface area (Å²) < 4.78 is 25.6. The number of Topliss-reactive ketones (excluding diaryl/α,β-unsaturated/α-hetero) is 1. The number of sulfonamides is 1. The van der Waals surface area contributed by atoms with Gasteiger partial charge in [-0.2, -0.15) is 0 Å². The highest BCUT2D eigenvalue weighted by atomic mass is 32.2. The van der Waals surface area contributed by atoms with E-state index in [2.05, 4.69) is 32.6 Å². The molecule has 1 aliphatic heterocycles. The molecule has 44 heavy (non-hydrogen) atoms. The first kappa shape index (κ1) is 35.5. The van der Waals surface area contributed by atoms with Crippen molar-refractivity contribution in [1.82, 2.24) is 30.9 Å². The Kier molecular flexibility index (Phi) is 10.6. The number of carbonyl (C=O) groups excluding carboxylic acids is 5. The van der Waals surface area contributed by atoms with Crippen LogP contribution in [0.15, 0.2) is 12.7 Å². The molecule has 0 aromatic heterocycles. The van der Waals surface area contributed by atoms with Gasteiger partial charge in [-0.1, -0.05) is 54.5 Å². The number of carbonyl (C=O) groups is 5. The summed E-state index contributed by atoms with van der Waals surface area (Å²) in [4.78, 5) is 68.1. The van der Waals surface area contributed by atoms with Crippen LogP contribution in [0.1, 0.15) is 61.3 Å². The molecule has 6 atom stereocenters. The van der Waals surface area contributed by atoms with Gasteiger partial charge in [0.25, 0.3) is 5.91 Å². The van der Waals surface area contributed by atoms with Crippen molar-refractivity contribution in [2.45, 2.75) is 85.5 Å². The van der Waals surface area contributed by atoms with E-state index in [-0.39, 0.29) is 42.2 Å². The summed E-state index contributed by atoms with van der Waals surface area (Å²) in [6.45, 7) is 17.1. The minimum Gasteiger partial charge on any atom is -0.346 e. The van der Waals surface area contributed by atoms with Crippen molar-refractivity contribution in [2.75, 3.05) is 25.9 Å². The van der Waals surface area contributed by atoms with E-state index in [1.165, 1.54) is 11.0 Å². The highest BCUT2D eigenvalue weighted by molar-refractivity contribution is 7.88. The van der Waals surface area contributed by atoms with E-state index >= 15 is 0 Å². The van der Waals surface area contributed by atoms with E-state index in [0.717, 1.165) is 6.26 Å². The lowest BCUT2D eigenvalue weighted by atomic mass is 9.85. The largest absolute Gasteiger partial charge is 0.346 e. The molecule has 5 amide bonds. The zero-order valence-electron chi connectivity index (χ0n) is 27.2. The summed E-state index contributed by atoms with van der Waals surface area (Å²) in [5.74, 6) is -2.75. The quantitative estimate of drug-likeness (QED) is 0.136. The van der Waals surface area contributed by atoms with E-state index < -0.39 is 69.1 Å². The van der Waals surface area contributed by atoms with Crippen molar-refractivity contribution in [1.29, 1.82) is 0 Å². The van der Waals surface area contributed by atoms with Gasteiger partial charge >= 0.3 is 6.03 Å². The number of piperidine rings is 1. The maximum atomic E-state index is 14.2. The summed E-state index contributed by atoms with van der Waals surface area (Å²) in [6.07, 6.45) is 3.91. The van der Waals surface area contributed by atoms with Crippen molar-refractivity contribution < 1.29 is 32.4 Å². The van der Waals surface area contributed by atoms with E-state index in [9.17, 15) is 32.4 Å². The van der Waals surface area contributed by atoms with Crippen LogP contribution in [0.2, 0.25) is 0 Å². The molecule has 0 bridgehead atoms. The molecular formula is C30H50N6O7S. The molecule has 2 saturated carbocycles. The molecule has 248 valence electrons. The lowest BCUT2D eigenvalue weighted by molar-refractivity contribution is -0.145. The van der Waals surface area contributed by atoms with Crippen LogP contribution in [0.4, 0.5) is 4.79 Å². The second-order valence-electron chi connectivity index (χ2n) is 14.5. The molecule has 0 aromatic carbocycles. The average Bonchev–Trinajstić information content (AvgIpc) is 3.78. The SMILES string of the molecule is C=CCNC(=O)C(=O)C(NC(=O)[C@@H]1[C@@H]2[C@H](CN1C(=O)[C@@H](NC(=O)N[C@H](CNS(C)(=O)=O)C(C)C)C(C)(C)C)C2(C)C)C1CC1. The van der Waals surface area contributed by atoms with Gasteiger partial charge in [0.1, 0.15) is 18.1 Å². The van der Waals surface area contributed by atoms with E-state index in [4.69, 9.17) is 0 Å². The molecule has 3 fully saturated rings. The fourth-order valence-electron chi connectivity index (χ4n) is 6.12. The van der Waals surface area contributed by atoms with Gasteiger partial charge in [-0.25, -0.2) is 17.9 Å². The van der Waals surface area contributed by atoms with E-state index in [1.54, 1.807) is 20.8 Å². The van der Waals surface area contributed by atoms with Crippen LogP contribution in [0.3, 0.4) is 0 Å². The number of amides is 5. The van der Waals surface area contributed by atoms with Gasteiger partial charge in [-0.15, -0.1) is 6.58 Å². The van der Waals surface area contributed by atoms with E-state index in [0.29, 0.717) is 19.4 Å². The Labute approximate surface area is 261 Å². The van der Waals surface area contributed by atoms with Crippen molar-refractivity contribution in [3.8, 4) is 0 Å². The highest BCUT2D eigenvalue weighted by Gasteiger charge is 2.70. The Hall–Kier alpha value is -3.00. The van der Waals surface area contributed by atoms with E-state index in [1.807, 2.05) is 27.7 Å². The van der Waals surface area contributed by atoms with Crippen molar-refractivity contribution in [2.24, 2.45) is 34.5 Å². The second-order valence-corrected chi connectivity index (χ2v) is 16.3. The molecule has 3 aliphatic rings. The number of rotatable bonds is 14. The molecule has 14 heteroatoms. The van der Waals surface area contributed by atoms with Crippen LogP contribution in [-0.2, 0) is 29.2 Å². The predicted octanol–water partition coefficient (Wildman–Crippen LogP) is 0.523. The number of nitrogens with zero attached hydrogens (tertiary/aromatic N) is 1. The summed E-state index contributed by atoms with van der Waals surface area (Å²) in [5, 5.41) is 10.9. The number of hydrogen-bond acceptors (Lipinski definition) is 7. The lowest BCUT2D eigenvalue weighted by Crippen LogP contribution is -2.62. The van der Waals surface area contributed by atoms with Crippen LogP contribution < -0.4 is 26.0 Å². The van der Waals surface area contributed by atoms with Crippen LogP contribution in [0.5, 0.6) is 0 Å². The number of ketones is 1. The smallest absolute Gasteiger partial charge is 0.315 e. The zero-order chi connectivity index (χ0) is 33.4. The third-order valence-electron chi connectivity index (χ3n) is 9.14. The minimum atomic E-state index is -3.48. The van der Waals surface area contributed by atoms with Gasteiger partial charge in [0, 0.05) is 25.7 Å². The first-order valence-corrected chi connectivity index (χ1v) is 17.1. The van der Waals surface area contributed by atoms with Crippen LogP contribution >= 0.6 is 0 Å². The molecule has 1 unspecified atom stereocenters. The normalized spacial score (nSPS) is 24.4. The van der Waals surface area contributed by atoms with Crippen molar-refractivity contribution in [3.63, 3.8) is 0 Å². The third kappa shape index (κ3) is 8.38. The Balaban J connectivity index is 1.80. The topological polar surface area (TPSA) is 183 Å². The summed E-state index contributed by atoms with van der Waals surface area (Å²) in [5.41, 5.74) is -0.940. The van der Waals surface area contributed by atoms with Gasteiger partial charge < -0.3 is 26.2 Å². The highest BCUT2D eigenvalue weighted by Crippen LogP contribution is 2.65. The van der Waals surface area contributed by atoms with Gasteiger partial charge in [0.15, 0.2) is 0 Å². The number of nitrogens with one attached hydrogen (secondary N) is 5. The van der Waals surface area contributed by atoms with Gasteiger partial charge in [-0.05, 0) is 47.3 Å². The molecular weight excluding hydrogens is 588 g/mol. The van der Waals surface area contributed by atoms with Gasteiger partial charge in [0.05, 0.1) is 6.26 Å². The second kappa shape index (κ2) is 13.2. The molecule has 0 aromatic rings. The third-order valence-corrected chi connectivity index (χ3v) is 9.83. The summed E-state index contributed by atoms with van der Waals surface area (Å²) in [7, 11) is -3.48. The Bertz CT molecular complexity index is 1270. The van der Waals surface area contributed by atoms with Gasteiger partial charge in [0.2, 0.25) is 27.6 Å². The molecule has 1 saturated heterocycles. The van der Waals surface area contributed by atoms with Crippen molar-refractivity contribution >= 4 is 39.6 Å². The Morgan fingerprint density at radius 1 is 1.05 bits per heavy atom. The molecule has 5 N–H and O–H groups in total. The van der Waals surface area contributed by atoms with Gasteiger partial charge in [-0.3, -0.25) is 19.2 Å². The zero-order valence-corrected chi connectivity index (χ0v) is 28.0. The number of urea groups is 1. The maximum Gasteiger partial charge on any atom is 0.315 e. The Morgan fingerprint density at radius 2 is 1.66 bits per heavy atom. The van der Waals surface area contributed by atoms with Crippen LogP contribution in [-0.4, -0.2) is 92.9 Å². The fourth-order valence-corrected chi connectivity index (χ4v) is 6.60. The molecule has 0 spiro atoms. The Morgan fingerprint density at radius 3 is 2.16 bits per heavy atom. The first-order valence-electron chi connectivity index (χ1n) is 15.3. The minimum absolute atomic E-state index is 0.0165. The van der Waals surface area contributed by atoms with Crippen LogP contribution in [0.25, 0.3) is 0 Å².